The second-order valence-corrected chi connectivity index (χ2v) is 8.92. The number of amides is 2. The molecule has 174 valence electrons. The van der Waals surface area contributed by atoms with E-state index < -0.39 is 64.3 Å². The van der Waals surface area contributed by atoms with E-state index in [1.54, 1.807) is 37.3 Å². The van der Waals surface area contributed by atoms with E-state index in [0.29, 0.717) is 5.56 Å². The summed E-state index contributed by atoms with van der Waals surface area (Å²) in [5.74, 6) is -2.17. The van der Waals surface area contributed by atoms with Crippen molar-refractivity contribution < 1.29 is 41.6 Å². The lowest BCUT2D eigenvalue weighted by Crippen LogP contribution is -2.72. The predicted molar refractivity (Wildman–Crippen MR) is 110 cm³/mol. The van der Waals surface area contributed by atoms with Crippen molar-refractivity contribution in [2.45, 2.75) is 32.0 Å². The third kappa shape index (κ3) is 4.55. The van der Waals surface area contributed by atoms with Gasteiger partial charge >= 0.3 is 12.1 Å². The van der Waals surface area contributed by atoms with Gasteiger partial charge in [0.15, 0.2) is 5.70 Å². The van der Waals surface area contributed by atoms with Crippen molar-refractivity contribution in [3.05, 3.63) is 47.4 Å². The van der Waals surface area contributed by atoms with E-state index in [2.05, 4.69) is 0 Å². The van der Waals surface area contributed by atoms with Gasteiger partial charge in [0.05, 0.1) is 31.6 Å². The molecule has 1 aromatic rings. The highest BCUT2D eigenvalue weighted by Gasteiger charge is 2.58. The summed E-state index contributed by atoms with van der Waals surface area (Å²) in [4.78, 5) is 40.2. The van der Waals surface area contributed by atoms with Crippen molar-refractivity contribution in [3.8, 4) is 0 Å². The van der Waals surface area contributed by atoms with Gasteiger partial charge in [0, 0.05) is 0 Å². The number of β-lactam (4-membered cyclic amide) rings is 1. The average molecular weight is 468 g/mol. The Bertz CT molecular complexity index is 1030. The van der Waals surface area contributed by atoms with E-state index in [9.17, 15) is 27.9 Å². The van der Waals surface area contributed by atoms with E-state index in [4.69, 9.17) is 13.7 Å². The predicted octanol–water partition coefficient (Wildman–Crippen LogP) is 1.09. The molecule has 2 amide bonds. The van der Waals surface area contributed by atoms with Gasteiger partial charge in [-0.3, -0.25) is 18.8 Å². The van der Waals surface area contributed by atoms with E-state index in [1.165, 1.54) is 11.8 Å². The third-order valence-electron chi connectivity index (χ3n) is 5.09. The van der Waals surface area contributed by atoms with Crippen LogP contribution in [0.2, 0.25) is 0 Å². The molecule has 1 N–H and O–H groups in total. The van der Waals surface area contributed by atoms with E-state index >= 15 is 0 Å². The molecule has 2 saturated heterocycles. The van der Waals surface area contributed by atoms with Gasteiger partial charge in [-0.15, -0.1) is 0 Å². The molecule has 0 spiro atoms. The second-order valence-electron chi connectivity index (χ2n) is 7.27. The van der Waals surface area contributed by atoms with Gasteiger partial charge in [-0.2, -0.15) is 8.42 Å². The van der Waals surface area contributed by atoms with Crippen molar-refractivity contribution in [2.24, 2.45) is 0 Å². The molecule has 11 nitrogen and oxygen atoms in total. The number of carbonyl (C=O) groups is 3. The lowest BCUT2D eigenvalue weighted by atomic mass is 9.90. The Balaban J connectivity index is 1.99. The minimum absolute atomic E-state index is 0.00805. The number of rotatable bonds is 8. The Labute approximate surface area is 185 Å². The zero-order valence-electron chi connectivity index (χ0n) is 17.8. The van der Waals surface area contributed by atoms with E-state index in [-0.39, 0.29) is 13.2 Å². The molecular formula is C20H24N2O9S. The molecule has 2 aliphatic heterocycles. The summed E-state index contributed by atoms with van der Waals surface area (Å²) in [7, 11) is -3.91. The van der Waals surface area contributed by atoms with Gasteiger partial charge in [-0.05, 0) is 19.4 Å². The van der Waals surface area contributed by atoms with Gasteiger partial charge in [-0.1, -0.05) is 30.3 Å². The SMILES string of the molecule is CCOC(=O)C(=C(C)O)N1C(=O)[C@@H](N2C(=O)OC[C@@H]2c2ccccc2)[C@H]1COS(C)(=O)=O. The smallest absolute Gasteiger partial charge is 0.411 e. The maximum absolute atomic E-state index is 13.2. The van der Waals surface area contributed by atoms with Crippen LogP contribution in [0, 0.1) is 0 Å². The molecule has 2 heterocycles. The second kappa shape index (κ2) is 9.17. The molecule has 32 heavy (non-hydrogen) atoms. The van der Waals surface area contributed by atoms with Crippen LogP contribution in [0.3, 0.4) is 0 Å². The molecule has 0 aromatic heterocycles. The van der Waals surface area contributed by atoms with E-state index in [1.807, 2.05) is 0 Å². The lowest BCUT2D eigenvalue weighted by Gasteiger charge is -2.50. The lowest BCUT2D eigenvalue weighted by molar-refractivity contribution is -0.162. The largest absolute Gasteiger partial charge is 0.510 e. The Hall–Kier alpha value is -3.12. The number of allylic oxidation sites excluding steroid dienone is 1. The monoisotopic (exact) mass is 468 g/mol. The number of benzene rings is 1. The first-order chi connectivity index (χ1) is 15.1. The van der Waals surface area contributed by atoms with Gasteiger partial charge in [0.25, 0.3) is 16.0 Å². The molecule has 0 radical (unpaired) electrons. The first-order valence-corrected chi connectivity index (χ1v) is 11.6. The summed E-state index contributed by atoms with van der Waals surface area (Å²) >= 11 is 0. The fourth-order valence-corrected chi connectivity index (χ4v) is 4.15. The van der Waals surface area contributed by atoms with Gasteiger partial charge in [-0.25, -0.2) is 9.59 Å². The number of esters is 1. The summed E-state index contributed by atoms with van der Waals surface area (Å²) in [5.41, 5.74) is 0.269. The van der Waals surface area contributed by atoms with Crippen molar-refractivity contribution in [2.75, 3.05) is 26.1 Å². The molecule has 0 saturated carbocycles. The number of hydrogen-bond acceptors (Lipinski definition) is 9. The minimum Gasteiger partial charge on any atom is -0.510 e. The van der Waals surface area contributed by atoms with Crippen LogP contribution in [0.4, 0.5) is 4.79 Å². The van der Waals surface area contributed by atoms with Crippen molar-refractivity contribution in [1.82, 2.24) is 9.80 Å². The molecule has 3 rings (SSSR count). The highest BCUT2D eigenvalue weighted by Crippen LogP contribution is 2.39. The average Bonchev–Trinajstić information content (AvgIpc) is 3.09. The number of aliphatic hydroxyl groups excluding tert-OH is 1. The first-order valence-electron chi connectivity index (χ1n) is 9.81. The van der Waals surface area contributed by atoms with Crippen molar-refractivity contribution >= 4 is 28.1 Å². The number of carbonyl (C=O) groups excluding carboxylic acids is 3. The van der Waals surface area contributed by atoms with Crippen molar-refractivity contribution in [3.63, 3.8) is 0 Å². The number of hydrogen-bond donors (Lipinski definition) is 1. The molecule has 0 aliphatic carbocycles. The molecule has 0 bridgehead atoms. The van der Waals surface area contributed by atoms with Crippen LogP contribution in [0.15, 0.2) is 41.8 Å². The summed E-state index contributed by atoms with van der Waals surface area (Å²) in [6.07, 6.45) is 0.0759. The molecule has 0 unspecified atom stereocenters. The van der Waals surface area contributed by atoms with Gasteiger partial charge in [0.2, 0.25) is 0 Å². The standard InChI is InChI=1S/C20H24N2O9S/c1-4-29-19(25)16(12(2)23)21-15(11-31-32(3,27)28)17(18(21)24)22-14(10-30-20(22)26)13-8-6-5-7-9-13/h5-9,14-15,17,23H,4,10-11H2,1-3H3/t14-,15-,17+/m1/s1. The van der Waals surface area contributed by atoms with Crippen LogP contribution >= 0.6 is 0 Å². The fraction of sp³-hybridized carbons (Fsp3) is 0.450. The number of cyclic esters (lactones) is 1. The molecule has 12 heteroatoms. The fourth-order valence-electron chi connectivity index (χ4n) is 3.76. The quantitative estimate of drug-likeness (QED) is 0.195. The first kappa shape index (κ1) is 23.5. The number of nitrogens with zero attached hydrogens (tertiary/aromatic N) is 2. The topological polar surface area (TPSA) is 140 Å². The maximum atomic E-state index is 13.2. The van der Waals surface area contributed by atoms with Crippen LogP contribution in [0.25, 0.3) is 0 Å². The number of aliphatic hydroxyl groups is 1. The summed E-state index contributed by atoms with van der Waals surface area (Å²) in [6.45, 7) is 2.18. The Morgan fingerprint density at radius 2 is 1.91 bits per heavy atom. The molecule has 1 aromatic carbocycles. The van der Waals surface area contributed by atoms with Crippen LogP contribution in [0.1, 0.15) is 25.5 Å². The maximum Gasteiger partial charge on any atom is 0.411 e. The molecular weight excluding hydrogens is 444 g/mol. The van der Waals surface area contributed by atoms with Crippen LogP contribution in [-0.4, -0.2) is 79.5 Å². The van der Waals surface area contributed by atoms with Crippen LogP contribution in [0.5, 0.6) is 0 Å². The van der Waals surface area contributed by atoms with Gasteiger partial charge in [0.1, 0.15) is 18.4 Å². The van der Waals surface area contributed by atoms with E-state index in [0.717, 1.165) is 11.2 Å². The third-order valence-corrected chi connectivity index (χ3v) is 5.65. The number of likely N-dealkylation sites (tertiary alicyclic amines) is 1. The highest BCUT2D eigenvalue weighted by atomic mass is 32.2. The zero-order chi connectivity index (χ0) is 23.6. The van der Waals surface area contributed by atoms with Crippen molar-refractivity contribution in [1.29, 1.82) is 0 Å². The normalized spacial score (nSPS) is 24.0. The summed E-state index contributed by atoms with van der Waals surface area (Å²) in [5, 5.41) is 10.1. The number of ether oxygens (including phenoxy) is 2. The van der Waals surface area contributed by atoms with Crippen LogP contribution in [-0.2, 0) is 33.4 Å². The Morgan fingerprint density at radius 3 is 2.47 bits per heavy atom. The highest BCUT2D eigenvalue weighted by molar-refractivity contribution is 7.85. The van der Waals surface area contributed by atoms with Gasteiger partial charge < -0.3 is 14.6 Å². The van der Waals surface area contributed by atoms with Crippen LogP contribution < -0.4 is 0 Å². The summed E-state index contributed by atoms with van der Waals surface area (Å²) < 4.78 is 38.2. The molecule has 2 fully saturated rings. The zero-order valence-corrected chi connectivity index (χ0v) is 18.6. The summed E-state index contributed by atoms with van der Waals surface area (Å²) in [6, 6.07) is 6.00. The minimum atomic E-state index is -3.91. The molecule has 2 aliphatic rings. The Kier molecular flexibility index (Phi) is 6.74. The molecule has 3 atom stereocenters. The Morgan fingerprint density at radius 1 is 1.25 bits per heavy atom.